The zero-order valence-electron chi connectivity index (χ0n) is 6.10. The average Bonchev–Trinajstić information content (AvgIpc) is 1.79. The van der Waals surface area contributed by atoms with Crippen LogP contribution in [0, 0.1) is 0 Å². The number of carboxylic acid groups (broad SMARTS) is 1. The minimum atomic E-state index is -4.45. The van der Waals surface area contributed by atoms with Crippen molar-refractivity contribution in [3.8, 4) is 0 Å². The first kappa shape index (κ1) is 10.6. The summed E-state index contributed by atoms with van der Waals surface area (Å²) in [6, 6.07) is 0. The molecule has 66 valence electrons. The van der Waals surface area contributed by atoms with E-state index in [-0.39, 0.29) is 6.42 Å². The summed E-state index contributed by atoms with van der Waals surface area (Å²) in [5, 5.41) is 8.35. The van der Waals surface area contributed by atoms with Gasteiger partial charge < -0.3 is 14.9 Å². The van der Waals surface area contributed by atoms with Gasteiger partial charge in [0.25, 0.3) is 0 Å². The van der Waals surface area contributed by atoms with E-state index in [1.54, 1.807) is 6.92 Å². The molecule has 0 radical (unpaired) electrons. The van der Waals surface area contributed by atoms with Gasteiger partial charge in [-0.1, -0.05) is 13.3 Å². The Morgan fingerprint density at radius 3 is 2.09 bits per heavy atom. The first-order chi connectivity index (χ1) is 4.89. The Morgan fingerprint density at radius 1 is 1.55 bits per heavy atom. The lowest BCUT2D eigenvalue weighted by Crippen LogP contribution is -2.19. The van der Waals surface area contributed by atoms with E-state index in [1.165, 1.54) is 0 Å². The van der Waals surface area contributed by atoms with Crippen LogP contribution in [0.15, 0.2) is 0 Å². The molecule has 0 saturated heterocycles. The fourth-order valence-electron chi connectivity index (χ4n) is 0.709. The Balaban J connectivity index is 4.35. The third-order valence-corrected chi connectivity index (χ3v) is 2.54. The third-order valence-electron chi connectivity index (χ3n) is 1.25. The van der Waals surface area contributed by atoms with E-state index >= 15 is 0 Å². The highest BCUT2D eigenvalue weighted by Crippen LogP contribution is 2.43. The number of hydrogen-bond acceptors (Lipinski definition) is 2. The summed E-state index contributed by atoms with van der Waals surface area (Å²) in [4.78, 5) is 27.3. The molecule has 5 nitrogen and oxygen atoms in total. The molecule has 0 heterocycles. The highest BCUT2D eigenvalue weighted by atomic mass is 31.2. The number of carboxylic acids is 1. The Bertz CT molecular complexity index is 183. The molecule has 11 heavy (non-hydrogen) atoms. The quantitative estimate of drug-likeness (QED) is 0.547. The molecule has 3 N–H and O–H groups in total. The van der Waals surface area contributed by atoms with Crippen molar-refractivity contribution in [1.82, 2.24) is 0 Å². The van der Waals surface area contributed by atoms with Crippen LogP contribution in [-0.2, 0) is 9.36 Å². The maximum Gasteiger partial charge on any atom is 0.339 e. The van der Waals surface area contributed by atoms with Gasteiger partial charge in [0, 0.05) is 0 Å². The van der Waals surface area contributed by atoms with Crippen LogP contribution in [0.1, 0.15) is 19.8 Å². The van der Waals surface area contributed by atoms with Crippen molar-refractivity contribution in [2.24, 2.45) is 0 Å². The average molecular weight is 182 g/mol. The van der Waals surface area contributed by atoms with Crippen LogP contribution >= 0.6 is 7.60 Å². The van der Waals surface area contributed by atoms with E-state index in [0.717, 1.165) is 0 Å². The highest BCUT2D eigenvalue weighted by molar-refractivity contribution is 7.53. The minimum Gasteiger partial charge on any atom is -0.481 e. The molecule has 0 aliphatic rings. The molecule has 0 spiro atoms. The van der Waals surface area contributed by atoms with E-state index in [9.17, 15) is 9.36 Å². The van der Waals surface area contributed by atoms with E-state index in [0.29, 0.717) is 6.42 Å². The van der Waals surface area contributed by atoms with Crippen LogP contribution in [0.25, 0.3) is 0 Å². The van der Waals surface area contributed by atoms with Crippen LogP contribution in [0.2, 0.25) is 0 Å². The van der Waals surface area contributed by atoms with Crippen LogP contribution in [0.5, 0.6) is 0 Å². The predicted octanol–water partition coefficient (Wildman–Crippen LogP) is 0.417. The van der Waals surface area contributed by atoms with Gasteiger partial charge in [-0.05, 0) is 6.42 Å². The van der Waals surface area contributed by atoms with Gasteiger partial charge in [0.05, 0.1) is 0 Å². The molecule has 0 aromatic rings. The second kappa shape index (κ2) is 3.85. The lowest BCUT2D eigenvalue weighted by molar-refractivity contribution is -0.137. The van der Waals surface area contributed by atoms with Crippen molar-refractivity contribution < 1.29 is 24.3 Å². The monoisotopic (exact) mass is 182 g/mol. The van der Waals surface area contributed by atoms with Crippen LogP contribution in [0.3, 0.4) is 0 Å². The lowest BCUT2D eigenvalue weighted by Gasteiger charge is -2.11. The maximum absolute atomic E-state index is 10.5. The molecule has 0 fully saturated rings. The van der Waals surface area contributed by atoms with Gasteiger partial charge in [-0.25, -0.2) is 0 Å². The zero-order valence-corrected chi connectivity index (χ0v) is 6.99. The van der Waals surface area contributed by atoms with Crippen molar-refractivity contribution >= 4 is 13.6 Å². The van der Waals surface area contributed by atoms with Gasteiger partial charge in [-0.15, -0.1) is 0 Å². The molecule has 0 rings (SSSR count). The zero-order chi connectivity index (χ0) is 9.07. The second-order valence-electron chi connectivity index (χ2n) is 2.23. The van der Waals surface area contributed by atoms with Crippen molar-refractivity contribution in [1.29, 1.82) is 0 Å². The summed E-state index contributed by atoms with van der Waals surface area (Å²) in [7, 11) is -4.45. The van der Waals surface area contributed by atoms with Gasteiger partial charge >= 0.3 is 13.6 Å². The molecule has 0 aromatic carbocycles. The van der Waals surface area contributed by atoms with Crippen molar-refractivity contribution in [3.63, 3.8) is 0 Å². The molecular weight excluding hydrogens is 171 g/mol. The standard InChI is InChI=1S/C5H11O5P/c1-2-3-4(5(6)7)11(8,9)10/h4H,2-3H2,1H3,(H,6,7)(H2,8,9,10). The van der Waals surface area contributed by atoms with Gasteiger partial charge in [0.2, 0.25) is 0 Å². The first-order valence-electron chi connectivity index (χ1n) is 3.17. The van der Waals surface area contributed by atoms with Gasteiger partial charge in [0.1, 0.15) is 0 Å². The molecule has 0 amide bonds. The largest absolute Gasteiger partial charge is 0.481 e. The fraction of sp³-hybridized carbons (Fsp3) is 0.800. The smallest absolute Gasteiger partial charge is 0.339 e. The molecular formula is C5H11O5P. The van der Waals surface area contributed by atoms with Crippen molar-refractivity contribution in [2.45, 2.75) is 25.4 Å². The fourth-order valence-corrected chi connectivity index (χ4v) is 1.59. The summed E-state index contributed by atoms with van der Waals surface area (Å²) in [6.45, 7) is 1.67. The summed E-state index contributed by atoms with van der Waals surface area (Å²) in [5.74, 6) is -1.43. The molecule has 0 bridgehead atoms. The molecule has 6 heteroatoms. The van der Waals surface area contributed by atoms with E-state index < -0.39 is 19.2 Å². The molecule has 0 aliphatic carbocycles. The van der Waals surface area contributed by atoms with Gasteiger partial charge in [-0.3, -0.25) is 9.36 Å². The molecule has 1 unspecified atom stereocenters. The highest BCUT2D eigenvalue weighted by Gasteiger charge is 2.34. The Labute approximate surface area is 64.2 Å². The topological polar surface area (TPSA) is 94.8 Å². The SMILES string of the molecule is CCCC(C(=O)O)P(=O)(O)O. The maximum atomic E-state index is 10.5. The van der Waals surface area contributed by atoms with Gasteiger partial charge in [0.15, 0.2) is 5.66 Å². The predicted molar refractivity (Wildman–Crippen MR) is 38.4 cm³/mol. The Morgan fingerprint density at radius 2 is 2.00 bits per heavy atom. The lowest BCUT2D eigenvalue weighted by atomic mass is 10.2. The summed E-state index contributed by atoms with van der Waals surface area (Å²) >= 11 is 0. The van der Waals surface area contributed by atoms with Gasteiger partial charge in [-0.2, -0.15) is 0 Å². The second-order valence-corrected chi connectivity index (χ2v) is 4.03. The molecule has 0 aliphatic heterocycles. The normalized spacial score (nSPS) is 14.5. The molecule has 1 atom stereocenters. The van der Waals surface area contributed by atoms with E-state index in [2.05, 4.69) is 0 Å². The number of hydrogen-bond donors (Lipinski definition) is 3. The number of aliphatic carboxylic acids is 1. The molecule has 0 saturated carbocycles. The van der Waals surface area contributed by atoms with Crippen molar-refractivity contribution in [3.05, 3.63) is 0 Å². The Hall–Kier alpha value is -0.380. The number of carbonyl (C=O) groups is 1. The number of rotatable bonds is 4. The first-order valence-corrected chi connectivity index (χ1v) is 4.85. The summed E-state index contributed by atoms with van der Waals surface area (Å²) in [6.07, 6.45) is 0.460. The summed E-state index contributed by atoms with van der Waals surface area (Å²) < 4.78 is 10.5. The van der Waals surface area contributed by atoms with E-state index in [4.69, 9.17) is 14.9 Å². The minimum absolute atomic E-state index is 0.0135. The van der Waals surface area contributed by atoms with Crippen LogP contribution < -0.4 is 0 Å². The van der Waals surface area contributed by atoms with Crippen LogP contribution in [0.4, 0.5) is 0 Å². The van der Waals surface area contributed by atoms with Crippen LogP contribution in [-0.4, -0.2) is 26.5 Å². The summed E-state index contributed by atoms with van der Waals surface area (Å²) in [5.41, 5.74) is -1.53. The third kappa shape index (κ3) is 3.51. The molecule has 0 aromatic heterocycles. The van der Waals surface area contributed by atoms with E-state index in [1.807, 2.05) is 0 Å². The van der Waals surface area contributed by atoms with Crippen molar-refractivity contribution in [2.75, 3.05) is 0 Å². The Kier molecular flexibility index (Phi) is 3.72.